The van der Waals surface area contributed by atoms with Gasteiger partial charge >= 0.3 is 5.91 Å². The molecule has 0 bridgehead atoms. The number of ether oxygens (including phenoxy) is 3. The van der Waals surface area contributed by atoms with Crippen molar-refractivity contribution in [2.75, 3.05) is 20.8 Å². The van der Waals surface area contributed by atoms with Crippen LogP contribution in [0.15, 0.2) is 59.8 Å². The maximum atomic E-state index is 12.4. The number of hydrazone groups is 1. The third-order valence-electron chi connectivity index (χ3n) is 4.24. The molecule has 1 N–H and O–H groups in total. The normalized spacial score (nSPS) is 10.7. The van der Waals surface area contributed by atoms with E-state index in [0.717, 1.165) is 17.7 Å². The van der Waals surface area contributed by atoms with Gasteiger partial charge in [0.25, 0.3) is 0 Å². The Labute approximate surface area is 180 Å². The molecule has 1 aromatic heterocycles. The maximum Gasteiger partial charge on any atom is 0.309 e. The molecule has 3 rings (SSSR count). The second kappa shape index (κ2) is 10.7. The first-order valence-electron chi connectivity index (χ1n) is 9.75. The average molecular weight is 420 g/mol. The Kier molecular flexibility index (Phi) is 7.53. The summed E-state index contributed by atoms with van der Waals surface area (Å²) in [6.45, 7) is 2.72. The van der Waals surface area contributed by atoms with E-state index in [1.54, 1.807) is 38.5 Å². The lowest BCUT2D eigenvalue weighted by atomic mass is 10.1. The van der Waals surface area contributed by atoms with Gasteiger partial charge in [-0.2, -0.15) is 5.10 Å². The van der Waals surface area contributed by atoms with Crippen LogP contribution in [0, 0.1) is 0 Å². The van der Waals surface area contributed by atoms with Crippen LogP contribution in [0.1, 0.15) is 29.5 Å². The van der Waals surface area contributed by atoms with Gasteiger partial charge in [-0.15, -0.1) is 0 Å². The molecule has 0 aliphatic heterocycles. The summed E-state index contributed by atoms with van der Waals surface area (Å²) in [6, 6.07) is 14.6. The smallest absolute Gasteiger partial charge is 0.309 e. The van der Waals surface area contributed by atoms with Crippen LogP contribution in [0.4, 0.5) is 0 Å². The topological polar surface area (TPSA) is 94.9 Å². The molecule has 160 valence electrons. The van der Waals surface area contributed by atoms with Gasteiger partial charge in [-0.1, -0.05) is 6.92 Å². The van der Waals surface area contributed by atoms with Gasteiger partial charge in [0.2, 0.25) is 5.82 Å². The standard InChI is InChI=1S/C23H24N4O4/c1-4-11-31-18-7-5-17(6-8-18)21-9-10-24-22(26-21)23(28)27-25-15-16-12-19(29-2)14-20(13-16)30-3/h5-10,12-15H,4,11H2,1-3H3,(H,27,28)/b25-15+. The number of aromatic nitrogens is 2. The summed E-state index contributed by atoms with van der Waals surface area (Å²) < 4.78 is 16.0. The predicted octanol–water partition coefficient (Wildman–Crippen LogP) is 3.71. The van der Waals surface area contributed by atoms with Gasteiger partial charge in [0.15, 0.2) is 0 Å². The molecule has 0 saturated heterocycles. The van der Waals surface area contributed by atoms with Gasteiger partial charge < -0.3 is 14.2 Å². The lowest BCUT2D eigenvalue weighted by Crippen LogP contribution is -2.20. The van der Waals surface area contributed by atoms with Crippen molar-refractivity contribution in [3.63, 3.8) is 0 Å². The Morgan fingerprint density at radius 1 is 1.03 bits per heavy atom. The molecule has 2 aromatic carbocycles. The number of methoxy groups -OCH3 is 2. The second-order valence-electron chi connectivity index (χ2n) is 6.48. The number of benzene rings is 2. The van der Waals surface area contributed by atoms with Crippen molar-refractivity contribution in [1.29, 1.82) is 0 Å². The van der Waals surface area contributed by atoms with Crippen molar-refractivity contribution in [3.8, 4) is 28.5 Å². The summed E-state index contributed by atoms with van der Waals surface area (Å²) >= 11 is 0. The Hall–Kier alpha value is -3.94. The summed E-state index contributed by atoms with van der Waals surface area (Å²) in [5, 5.41) is 3.98. The van der Waals surface area contributed by atoms with E-state index in [1.807, 2.05) is 24.3 Å². The highest BCUT2D eigenvalue weighted by Crippen LogP contribution is 2.22. The van der Waals surface area contributed by atoms with Crippen LogP contribution < -0.4 is 19.6 Å². The lowest BCUT2D eigenvalue weighted by molar-refractivity contribution is 0.0945. The van der Waals surface area contributed by atoms with Crippen LogP contribution in [0.25, 0.3) is 11.3 Å². The van der Waals surface area contributed by atoms with Crippen LogP contribution in [0.5, 0.6) is 17.2 Å². The Bertz CT molecular complexity index is 1030. The van der Waals surface area contributed by atoms with E-state index in [0.29, 0.717) is 29.4 Å². The Balaban J connectivity index is 1.68. The number of nitrogens with zero attached hydrogens (tertiary/aromatic N) is 3. The van der Waals surface area contributed by atoms with Crippen molar-refractivity contribution in [2.24, 2.45) is 5.10 Å². The van der Waals surface area contributed by atoms with E-state index >= 15 is 0 Å². The lowest BCUT2D eigenvalue weighted by Gasteiger charge is -2.07. The zero-order valence-electron chi connectivity index (χ0n) is 17.7. The van der Waals surface area contributed by atoms with Crippen molar-refractivity contribution in [1.82, 2.24) is 15.4 Å². The van der Waals surface area contributed by atoms with Crippen molar-refractivity contribution < 1.29 is 19.0 Å². The van der Waals surface area contributed by atoms with Gasteiger partial charge in [0, 0.05) is 23.4 Å². The molecule has 0 radical (unpaired) electrons. The molecule has 0 atom stereocenters. The molecule has 0 spiro atoms. The molecule has 8 nitrogen and oxygen atoms in total. The van der Waals surface area contributed by atoms with Gasteiger partial charge in [-0.05, 0) is 48.9 Å². The molecule has 0 aliphatic carbocycles. The molecule has 1 amide bonds. The van der Waals surface area contributed by atoms with Gasteiger partial charge in [-0.3, -0.25) is 4.79 Å². The number of hydrogen-bond donors (Lipinski definition) is 1. The van der Waals surface area contributed by atoms with Crippen molar-refractivity contribution in [3.05, 3.63) is 66.1 Å². The van der Waals surface area contributed by atoms with Gasteiger partial charge in [0.05, 0.1) is 32.7 Å². The van der Waals surface area contributed by atoms with Gasteiger partial charge in [0.1, 0.15) is 17.2 Å². The summed E-state index contributed by atoms with van der Waals surface area (Å²) in [4.78, 5) is 20.8. The first-order chi connectivity index (χ1) is 15.1. The van der Waals surface area contributed by atoms with E-state index in [9.17, 15) is 4.79 Å². The number of carbonyl (C=O) groups is 1. The molecule has 0 fully saturated rings. The molecule has 8 heteroatoms. The molecule has 0 aliphatic rings. The third kappa shape index (κ3) is 6.02. The number of hydrogen-bond acceptors (Lipinski definition) is 7. The minimum Gasteiger partial charge on any atom is -0.497 e. The fourth-order valence-corrected chi connectivity index (χ4v) is 2.69. The summed E-state index contributed by atoms with van der Waals surface area (Å²) in [5.74, 6) is 1.53. The second-order valence-corrected chi connectivity index (χ2v) is 6.48. The quantitative estimate of drug-likeness (QED) is 0.419. The van der Waals surface area contributed by atoms with Crippen LogP contribution in [0.3, 0.4) is 0 Å². The number of nitrogens with one attached hydrogen (secondary N) is 1. The Morgan fingerprint density at radius 3 is 2.39 bits per heavy atom. The van der Waals surface area contributed by atoms with Gasteiger partial charge in [-0.25, -0.2) is 15.4 Å². The van der Waals surface area contributed by atoms with Crippen LogP contribution in [0.2, 0.25) is 0 Å². The summed E-state index contributed by atoms with van der Waals surface area (Å²) in [6.07, 6.45) is 3.97. The molecular formula is C23H24N4O4. The number of amides is 1. The van der Waals surface area contributed by atoms with E-state index in [4.69, 9.17) is 14.2 Å². The molecule has 0 unspecified atom stereocenters. The molecular weight excluding hydrogens is 396 g/mol. The number of rotatable bonds is 9. The first-order valence-corrected chi connectivity index (χ1v) is 9.75. The van der Waals surface area contributed by atoms with Crippen LogP contribution in [-0.2, 0) is 0 Å². The first kappa shape index (κ1) is 21.8. The van der Waals surface area contributed by atoms with Crippen molar-refractivity contribution >= 4 is 12.1 Å². The maximum absolute atomic E-state index is 12.4. The SMILES string of the molecule is CCCOc1ccc(-c2ccnc(C(=O)N/N=C/c3cc(OC)cc(OC)c3)n2)cc1. The monoisotopic (exact) mass is 420 g/mol. The zero-order valence-corrected chi connectivity index (χ0v) is 17.7. The highest BCUT2D eigenvalue weighted by Gasteiger charge is 2.10. The average Bonchev–Trinajstić information content (AvgIpc) is 2.82. The molecule has 0 saturated carbocycles. The molecule has 31 heavy (non-hydrogen) atoms. The predicted molar refractivity (Wildman–Crippen MR) is 118 cm³/mol. The van der Waals surface area contributed by atoms with E-state index in [1.165, 1.54) is 12.4 Å². The Morgan fingerprint density at radius 2 is 1.74 bits per heavy atom. The zero-order chi connectivity index (χ0) is 22.1. The summed E-state index contributed by atoms with van der Waals surface area (Å²) in [7, 11) is 3.13. The molecule has 1 heterocycles. The minimum atomic E-state index is -0.518. The fourth-order valence-electron chi connectivity index (χ4n) is 2.69. The van der Waals surface area contributed by atoms with E-state index < -0.39 is 5.91 Å². The summed E-state index contributed by atoms with van der Waals surface area (Å²) in [5.41, 5.74) is 4.62. The largest absolute Gasteiger partial charge is 0.497 e. The van der Waals surface area contributed by atoms with Crippen LogP contribution in [-0.4, -0.2) is 42.9 Å². The van der Waals surface area contributed by atoms with E-state index in [2.05, 4.69) is 27.4 Å². The highest BCUT2D eigenvalue weighted by molar-refractivity contribution is 5.92. The van der Waals surface area contributed by atoms with Crippen LogP contribution >= 0.6 is 0 Å². The molecule has 3 aromatic rings. The fraction of sp³-hybridized carbons (Fsp3) is 0.217. The van der Waals surface area contributed by atoms with E-state index in [-0.39, 0.29) is 5.82 Å². The minimum absolute atomic E-state index is 0.0178. The number of carbonyl (C=O) groups excluding carboxylic acids is 1. The highest BCUT2D eigenvalue weighted by atomic mass is 16.5. The van der Waals surface area contributed by atoms with Crippen molar-refractivity contribution in [2.45, 2.75) is 13.3 Å². The third-order valence-corrected chi connectivity index (χ3v) is 4.24.